The molecule has 0 unspecified atom stereocenters. The van der Waals surface area contributed by atoms with Crippen molar-refractivity contribution in [2.24, 2.45) is 35.2 Å². The minimum atomic E-state index is -1.04. The van der Waals surface area contributed by atoms with Crippen molar-refractivity contribution in [1.29, 1.82) is 0 Å². The molecular formula is C70H78N20O12. The summed E-state index contributed by atoms with van der Waals surface area (Å²) in [5.41, 5.74) is 18.7. The highest BCUT2D eigenvalue weighted by Crippen LogP contribution is 2.29. The minimum Gasteiger partial charge on any atom is -0.497 e. The van der Waals surface area contributed by atoms with Gasteiger partial charge in [-0.1, -0.05) is 0 Å². The lowest BCUT2D eigenvalue weighted by atomic mass is 10.1. The maximum Gasteiger partial charge on any atom is 0.354 e. The van der Waals surface area contributed by atoms with Crippen molar-refractivity contribution in [2.75, 3.05) is 51.2 Å². The standard InChI is InChI=1S/C13H15N3O2.C12H13N3O3.C12H13N3O2.C11H15N5.C11H11N3O3.C11H11N3O2/c1-8-4-9(2)15-11(5-8)10-6-14-16(3)13(10)12(18)7-17;1-15-12(11(17)7-16)9(6-14-15)10-5-8(18-2)3-4-13-10;1-8-3-4-13-10(5-8)9-6-14-15(2)12(9)11(17)7-16;1-8-3-2-5-15(8)11-13-10-7-9(12)4-6-16(10)14-11;1-14-10(11(15)16)8(6-13-14)9-5-7(17-2)3-4-12-9;1-7-3-4-12-9(5-7)8-6-13-14(2)10(8)11(15)16/h4-6,17H,7H2,1-3H3;3-6,16H,7H2,1-2H3;3-6,16H,7H2,1-2H3;4,6-8H,2-3,5,12H2,1H3;3-6H,1-2H3,(H,15,16);3-6H,1-2H3,(H,15,16)/t;;;8-;;/m...0../s1. The van der Waals surface area contributed by atoms with E-state index in [-0.39, 0.29) is 23.0 Å². The minimum absolute atomic E-state index is 0.103. The van der Waals surface area contributed by atoms with Crippen LogP contribution in [0.15, 0.2) is 135 Å². The lowest BCUT2D eigenvalue weighted by Crippen LogP contribution is -2.27. The lowest BCUT2D eigenvalue weighted by Gasteiger charge is -2.18. The van der Waals surface area contributed by atoms with Gasteiger partial charge in [-0.3, -0.25) is 62.7 Å². The van der Waals surface area contributed by atoms with Crippen molar-refractivity contribution in [2.45, 2.75) is 53.5 Å². The van der Waals surface area contributed by atoms with Crippen LogP contribution >= 0.6 is 0 Å². The van der Waals surface area contributed by atoms with Crippen LogP contribution in [-0.2, 0) is 35.2 Å². The lowest BCUT2D eigenvalue weighted by molar-refractivity contribution is 0.0675. The van der Waals surface area contributed by atoms with Crippen molar-refractivity contribution in [3.8, 4) is 67.8 Å². The van der Waals surface area contributed by atoms with Crippen LogP contribution in [-0.4, -0.2) is 190 Å². The van der Waals surface area contributed by atoms with Gasteiger partial charge in [-0.25, -0.2) is 14.1 Å². The predicted octanol–water partition coefficient (Wildman–Crippen LogP) is 6.88. The van der Waals surface area contributed by atoms with E-state index in [0.717, 1.165) is 46.2 Å². The number of anilines is 2. The van der Waals surface area contributed by atoms with Crippen LogP contribution in [0.2, 0.25) is 0 Å². The Morgan fingerprint density at radius 2 is 0.863 bits per heavy atom. The van der Waals surface area contributed by atoms with Crippen molar-refractivity contribution in [3.05, 3.63) is 186 Å². The van der Waals surface area contributed by atoms with Gasteiger partial charge in [0.1, 0.15) is 48.4 Å². The van der Waals surface area contributed by atoms with E-state index in [1.54, 1.807) is 122 Å². The number of carboxylic acid groups (broad SMARTS) is 2. The normalized spacial score (nSPS) is 12.1. The number of aromatic nitrogens is 18. The molecule has 13 heterocycles. The number of hydrogen-bond acceptors (Lipinski definition) is 24. The first kappa shape index (κ1) is 75.2. The molecule has 1 saturated heterocycles. The number of nitrogens with zero attached hydrogens (tertiary/aromatic N) is 19. The summed E-state index contributed by atoms with van der Waals surface area (Å²) in [6.07, 6.45) is 18.5. The fraction of sp³-hybridized carbons (Fsp3) is 0.271. The second-order valence-electron chi connectivity index (χ2n) is 23.1. The highest BCUT2D eigenvalue weighted by atomic mass is 16.5. The number of ketones is 3. The summed E-state index contributed by atoms with van der Waals surface area (Å²) in [5, 5.41) is 69.5. The van der Waals surface area contributed by atoms with Crippen LogP contribution in [0.1, 0.15) is 94.6 Å². The molecule has 1 atom stereocenters. The number of nitrogen functional groups attached to an aromatic ring is 1. The number of aromatic carboxylic acids is 2. The second-order valence-corrected chi connectivity index (χ2v) is 23.1. The van der Waals surface area contributed by atoms with Crippen LogP contribution < -0.4 is 20.1 Å². The highest BCUT2D eigenvalue weighted by molar-refractivity contribution is 6.02. The van der Waals surface area contributed by atoms with E-state index >= 15 is 0 Å². The van der Waals surface area contributed by atoms with Gasteiger partial charge in [0.2, 0.25) is 23.3 Å². The largest absolute Gasteiger partial charge is 0.497 e. The molecule has 7 N–H and O–H groups in total. The summed E-state index contributed by atoms with van der Waals surface area (Å²) in [5.74, 6) is -1.07. The summed E-state index contributed by atoms with van der Waals surface area (Å²) < 4.78 is 18.9. The molecular weight excluding hydrogens is 1310 g/mol. The maximum atomic E-state index is 11.7. The zero-order valence-electron chi connectivity index (χ0n) is 58.2. The topological polar surface area (TPSA) is 418 Å². The average molecular weight is 1390 g/mol. The molecule has 0 amide bonds. The monoisotopic (exact) mass is 1390 g/mol. The number of rotatable bonds is 16. The van der Waals surface area contributed by atoms with Gasteiger partial charge in [-0.05, 0) is 119 Å². The Bertz CT molecular complexity index is 4930. The third-order valence-corrected chi connectivity index (χ3v) is 15.7. The van der Waals surface area contributed by atoms with Gasteiger partial charge >= 0.3 is 11.9 Å². The Balaban J connectivity index is 0.000000155. The molecule has 0 spiro atoms. The number of pyridine rings is 6. The van der Waals surface area contributed by atoms with Gasteiger partial charge < -0.3 is 45.6 Å². The second kappa shape index (κ2) is 34.3. The zero-order valence-corrected chi connectivity index (χ0v) is 58.2. The number of Topliss-reactive ketones (excluding diaryl/α,β-unsaturated/α-hetero) is 3. The smallest absolute Gasteiger partial charge is 0.354 e. The fourth-order valence-electron chi connectivity index (χ4n) is 10.8. The Morgan fingerprint density at radius 1 is 0.490 bits per heavy atom. The summed E-state index contributed by atoms with van der Waals surface area (Å²) in [7, 11) is 11.3. The number of aliphatic hydroxyl groups is 3. The number of carbonyl (C=O) groups is 5. The predicted molar refractivity (Wildman–Crippen MR) is 376 cm³/mol. The van der Waals surface area contributed by atoms with Crippen molar-refractivity contribution in [1.82, 2.24) is 88.4 Å². The Kier molecular flexibility index (Phi) is 25.3. The molecule has 1 fully saturated rings. The zero-order chi connectivity index (χ0) is 74.1. The van der Waals surface area contributed by atoms with E-state index in [1.165, 1.54) is 48.6 Å². The highest BCUT2D eigenvalue weighted by Gasteiger charge is 2.26. The molecule has 32 heteroatoms. The number of fused-ring (bicyclic) bond motifs is 1. The number of carbonyl (C=O) groups excluding carboxylic acids is 3. The van der Waals surface area contributed by atoms with E-state index in [2.05, 4.69) is 72.3 Å². The Hall–Kier alpha value is -12.6. The SMILES string of the molecule is COc1ccnc(-c2cnn(C)c2C(=O)CO)c1.COc1ccnc(-c2cnn(C)c2C(=O)O)c1.C[C@H]1CCCN1c1nc2cc(N)ccn2n1.Cc1cc(C)nc(-c2cnn(C)c2C(=O)CO)c1.Cc1ccnc(-c2cnn(C)c2C(=O)CO)c1.Cc1ccnc(-c2cnn(C)c2C(=O)O)c1. The number of aryl methyl sites for hydroxylation is 9. The van der Waals surface area contributed by atoms with Gasteiger partial charge in [0, 0.05) is 125 Å². The molecule has 12 aromatic rings. The number of aliphatic hydroxyl groups excluding tert-OH is 3. The summed E-state index contributed by atoms with van der Waals surface area (Å²) >= 11 is 0. The van der Waals surface area contributed by atoms with E-state index in [9.17, 15) is 24.0 Å². The fourth-order valence-corrected chi connectivity index (χ4v) is 10.8. The molecule has 530 valence electrons. The first-order chi connectivity index (χ1) is 48.8. The number of methoxy groups -OCH3 is 2. The van der Waals surface area contributed by atoms with Crippen LogP contribution in [0.3, 0.4) is 0 Å². The number of nitrogens with two attached hydrogens (primary N) is 1. The molecule has 32 nitrogen and oxygen atoms in total. The van der Waals surface area contributed by atoms with E-state index in [0.29, 0.717) is 90.9 Å². The van der Waals surface area contributed by atoms with E-state index in [1.807, 2.05) is 82.4 Å². The van der Waals surface area contributed by atoms with Gasteiger partial charge in [0.05, 0.1) is 84.8 Å². The summed E-state index contributed by atoms with van der Waals surface area (Å²) in [6.45, 7) is 9.41. The third kappa shape index (κ3) is 18.2. The van der Waals surface area contributed by atoms with Crippen LogP contribution in [0, 0.1) is 27.7 Å². The van der Waals surface area contributed by atoms with E-state index in [4.69, 9.17) is 40.7 Å². The maximum absolute atomic E-state index is 11.7. The molecule has 1 aliphatic rings. The number of hydrogen-bond donors (Lipinski definition) is 6. The Labute approximate surface area is 585 Å². The molecule has 12 aromatic heterocycles. The summed E-state index contributed by atoms with van der Waals surface area (Å²) in [6, 6.07) is 22.3. The van der Waals surface area contributed by atoms with Crippen molar-refractivity contribution < 1.29 is 59.0 Å². The Morgan fingerprint density at radius 3 is 1.23 bits per heavy atom. The molecule has 0 saturated carbocycles. The number of carboxylic acids is 2. The first-order valence-corrected chi connectivity index (χ1v) is 31.5. The molecule has 13 rings (SSSR count). The van der Waals surface area contributed by atoms with Crippen molar-refractivity contribution in [3.63, 3.8) is 0 Å². The van der Waals surface area contributed by atoms with Crippen molar-refractivity contribution >= 4 is 46.6 Å². The van der Waals surface area contributed by atoms with Gasteiger partial charge in [0.15, 0.2) is 17.0 Å². The average Bonchev–Trinajstić information content (AvgIpc) is 1.63. The van der Waals surface area contributed by atoms with Gasteiger partial charge in [-0.2, -0.15) is 30.5 Å². The van der Waals surface area contributed by atoms with Gasteiger partial charge in [0.25, 0.3) is 0 Å². The molecule has 102 heavy (non-hydrogen) atoms. The first-order valence-electron chi connectivity index (χ1n) is 31.5. The molecule has 0 radical (unpaired) electrons. The van der Waals surface area contributed by atoms with Crippen LogP contribution in [0.5, 0.6) is 11.5 Å². The molecule has 0 aromatic carbocycles. The summed E-state index contributed by atoms with van der Waals surface area (Å²) in [4.78, 5) is 85.0. The van der Waals surface area contributed by atoms with Crippen LogP contribution in [0.25, 0.3) is 61.9 Å². The van der Waals surface area contributed by atoms with Gasteiger partial charge in [-0.15, -0.1) is 5.10 Å². The van der Waals surface area contributed by atoms with Crippen LogP contribution in [0.4, 0.5) is 11.6 Å². The third-order valence-electron chi connectivity index (χ3n) is 15.7. The molecule has 1 aliphatic heterocycles. The number of ether oxygens (including phenoxy) is 2. The van der Waals surface area contributed by atoms with E-state index < -0.39 is 37.5 Å². The quantitative estimate of drug-likeness (QED) is 0.0536. The molecule has 0 aliphatic carbocycles. The molecule has 0 bridgehead atoms.